The molecule has 43 heavy (non-hydrogen) atoms. The van der Waals surface area contributed by atoms with E-state index in [1.807, 2.05) is 71.9 Å². The second-order valence-electron chi connectivity index (χ2n) is 13.6. The standard InChI is InChI=1S/C35H52ClN3O4/c1-21(2)15-18-26(8)39(33(41)29(19-22(3)4)37-34(42)43-35(9,10)11)31(27-20-23(5)16-17-24(27)6)32(40)38-30-25(7)13-12-14-28(30)36/h12-14,16-17,20-22,26,29,31H,15,18-19H2,1-11H3,(H,37,42)(H,38,40). The van der Waals surface area contributed by atoms with Crippen LogP contribution >= 0.6 is 11.6 Å². The molecule has 0 spiro atoms. The number of nitrogens with one attached hydrogen (secondary N) is 2. The lowest BCUT2D eigenvalue weighted by Crippen LogP contribution is -2.55. The van der Waals surface area contributed by atoms with Gasteiger partial charge in [0.25, 0.3) is 5.91 Å². The van der Waals surface area contributed by atoms with E-state index in [4.69, 9.17) is 16.3 Å². The summed E-state index contributed by atoms with van der Waals surface area (Å²) in [5.74, 6) is -0.192. The summed E-state index contributed by atoms with van der Waals surface area (Å²) in [5.41, 5.74) is 3.18. The molecule has 3 atom stereocenters. The Morgan fingerprint density at radius 1 is 0.907 bits per heavy atom. The summed E-state index contributed by atoms with van der Waals surface area (Å²) in [6.07, 6.45) is 1.27. The highest BCUT2D eigenvalue weighted by atomic mass is 35.5. The summed E-state index contributed by atoms with van der Waals surface area (Å²) in [7, 11) is 0. The van der Waals surface area contributed by atoms with E-state index >= 15 is 0 Å². The zero-order chi connectivity index (χ0) is 32.6. The fourth-order valence-corrected chi connectivity index (χ4v) is 5.36. The topological polar surface area (TPSA) is 87.7 Å². The Labute approximate surface area is 264 Å². The molecule has 0 aliphatic carbocycles. The van der Waals surface area contributed by atoms with Gasteiger partial charge in [-0.15, -0.1) is 0 Å². The minimum Gasteiger partial charge on any atom is -0.444 e. The number of hydrogen-bond acceptors (Lipinski definition) is 4. The Morgan fingerprint density at radius 3 is 2.12 bits per heavy atom. The molecule has 3 unspecified atom stereocenters. The molecule has 0 aliphatic rings. The summed E-state index contributed by atoms with van der Waals surface area (Å²) in [4.78, 5) is 43.8. The molecule has 0 heterocycles. The first-order valence-corrected chi connectivity index (χ1v) is 15.7. The van der Waals surface area contributed by atoms with Crippen molar-refractivity contribution in [2.75, 3.05) is 5.32 Å². The number of amides is 3. The summed E-state index contributed by atoms with van der Waals surface area (Å²) < 4.78 is 5.54. The third-order valence-electron chi connectivity index (χ3n) is 7.31. The second kappa shape index (κ2) is 15.6. The number of para-hydroxylation sites is 1. The fourth-order valence-electron chi connectivity index (χ4n) is 5.09. The van der Waals surface area contributed by atoms with Crippen LogP contribution in [0.15, 0.2) is 36.4 Å². The van der Waals surface area contributed by atoms with E-state index < -0.39 is 23.8 Å². The van der Waals surface area contributed by atoms with E-state index in [0.29, 0.717) is 29.5 Å². The van der Waals surface area contributed by atoms with Gasteiger partial charge >= 0.3 is 6.09 Å². The van der Waals surface area contributed by atoms with Crippen molar-refractivity contribution in [2.45, 2.75) is 119 Å². The van der Waals surface area contributed by atoms with Crippen molar-refractivity contribution in [1.29, 1.82) is 0 Å². The lowest BCUT2D eigenvalue weighted by atomic mass is 9.92. The van der Waals surface area contributed by atoms with Crippen LogP contribution in [-0.2, 0) is 14.3 Å². The van der Waals surface area contributed by atoms with Crippen LogP contribution in [-0.4, -0.2) is 40.5 Å². The van der Waals surface area contributed by atoms with E-state index in [2.05, 4.69) is 24.5 Å². The van der Waals surface area contributed by atoms with Crippen LogP contribution in [0, 0.1) is 32.6 Å². The molecule has 3 amide bonds. The Balaban J connectivity index is 2.74. The second-order valence-corrected chi connectivity index (χ2v) is 14.0. The van der Waals surface area contributed by atoms with Crippen LogP contribution in [0.4, 0.5) is 10.5 Å². The van der Waals surface area contributed by atoms with Gasteiger partial charge in [0.05, 0.1) is 10.7 Å². The number of aryl methyl sites for hydroxylation is 3. The molecule has 0 saturated heterocycles. The van der Waals surface area contributed by atoms with Gasteiger partial charge in [-0.05, 0) is 102 Å². The molecule has 2 N–H and O–H groups in total. The van der Waals surface area contributed by atoms with Crippen molar-refractivity contribution in [3.63, 3.8) is 0 Å². The maximum absolute atomic E-state index is 14.7. The molecule has 2 rings (SSSR count). The summed E-state index contributed by atoms with van der Waals surface area (Å²) >= 11 is 6.53. The number of nitrogens with zero attached hydrogens (tertiary/aromatic N) is 1. The molecule has 8 heteroatoms. The van der Waals surface area contributed by atoms with Gasteiger partial charge in [0.2, 0.25) is 5.91 Å². The van der Waals surface area contributed by atoms with Crippen molar-refractivity contribution in [2.24, 2.45) is 11.8 Å². The zero-order valence-electron chi connectivity index (χ0n) is 27.9. The Bertz CT molecular complexity index is 1250. The smallest absolute Gasteiger partial charge is 0.408 e. The monoisotopic (exact) mass is 613 g/mol. The molecule has 2 aromatic rings. The summed E-state index contributed by atoms with van der Waals surface area (Å²) in [6, 6.07) is 9.20. The Hall–Kier alpha value is -3.06. The van der Waals surface area contributed by atoms with Gasteiger partial charge in [0, 0.05) is 6.04 Å². The first kappa shape index (κ1) is 36.1. The van der Waals surface area contributed by atoms with Crippen molar-refractivity contribution < 1.29 is 19.1 Å². The molecule has 2 aromatic carbocycles. The molecule has 0 bridgehead atoms. The lowest BCUT2D eigenvalue weighted by Gasteiger charge is -2.39. The SMILES string of the molecule is Cc1ccc(C)c(C(C(=O)Nc2c(C)cccc2Cl)N(C(=O)C(CC(C)C)NC(=O)OC(C)(C)C)C(C)CCC(C)C)c1. The molecule has 0 saturated carbocycles. The minimum atomic E-state index is -0.972. The predicted molar refractivity (Wildman–Crippen MR) is 176 cm³/mol. The fraction of sp³-hybridized carbons (Fsp3) is 0.571. The van der Waals surface area contributed by atoms with Crippen molar-refractivity contribution in [3.8, 4) is 0 Å². The van der Waals surface area contributed by atoms with Crippen molar-refractivity contribution >= 4 is 35.2 Å². The number of ether oxygens (including phenoxy) is 1. The van der Waals surface area contributed by atoms with E-state index in [9.17, 15) is 14.4 Å². The first-order chi connectivity index (χ1) is 19.9. The van der Waals surface area contributed by atoms with E-state index in [-0.39, 0.29) is 23.8 Å². The predicted octanol–water partition coefficient (Wildman–Crippen LogP) is 8.54. The number of carbonyl (C=O) groups excluding carboxylic acids is 3. The molecular formula is C35H52ClN3O4. The number of rotatable bonds is 12. The quantitative estimate of drug-likeness (QED) is 0.251. The number of anilines is 1. The van der Waals surface area contributed by atoms with Gasteiger partial charge in [-0.3, -0.25) is 9.59 Å². The van der Waals surface area contributed by atoms with Gasteiger partial charge in [0.15, 0.2) is 0 Å². The van der Waals surface area contributed by atoms with Crippen molar-refractivity contribution in [1.82, 2.24) is 10.2 Å². The van der Waals surface area contributed by atoms with E-state index in [1.165, 1.54) is 0 Å². The van der Waals surface area contributed by atoms with Gasteiger partial charge in [-0.2, -0.15) is 0 Å². The largest absolute Gasteiger partial charge is 0.444 e. The maximum atomic E-state index is 14.7. The highest BCUT2D eigenvalue weighted by Gasteiger charge is 2.40. The molecule has 0 radical (unpaired) electrons. The van der Waals surface area contributed by atoms with Crippen LogP contribution in [0.25, 0.3) is 0 Å². The zero-order valence-corrected chi connectivity index (χ0v) is 28.7. The number of benzene rings is 2. The van der Waals surface area contributed by atoms with Gasteiger partial charge in [-0.1, -0.05) is 75.2 Å². The number of carbonyl (C=O) groups is 3. The third kappa shape index (κ3) is 10.9. The van der Waals surface area contributed by atoms with Gasteiger partial charge in [0.1, 0.15) is 17.7 Å². The molecule has 238 valence electrons. The van der Waals surface area contributed by atoms with Crippen molar-refractivity contribution in [3.05, 3.63) is 63.7 Å². The molecule has 7 nitrogen and oxygen atoms in total. The highest BCUT2D eigenvalue weighted by Crippen LogP contribution is 2.33. The highest BCUT2D eigenvalue weighted by molar-refractivity contribution is 6.34. The van der Waals surface area contributed by atoms with Crippen LogP contribution in [0.5, 0.6) is 0 Å². The molecular weight excluding hydrogens is 562 g/mol. The van der Waals surface area contributed by atoms with E-state index in [1.54, 1.807) is 31.7 Å². The number of hydrogen-bond donors (Lipinski definition) is 2. The number of alkyl carbamates (subject to hydrolysis) is 1. The molecule has 0 aliphatic heterocycles. The van der Waals surface area contributed by atoms with Crippen LogP contribution in [0.2, 0.25) is 5.02 Å². The average molecular weight is 614 g/mol. The van der Waals surface area contributed by atoms with Crippen LogP contribution in [0.3, 0.4) is 0 Å². The van der Waals surface area contributed by atoms with Crippen LogP contribution < -0.4 is 10.6 Å². The Morgan fingerprint density at radius 2 is 1.56 bits per heavy atom. The Kier molecular flexibility index (Phi) is 13.1. The molecule has 0 aromatic heterocycles. The summed E-state index contributed by atoms with van der Waals surface area (Å²) in [5, 5.41) is 6.31. The van der Waals surface area contributed by atoms with Crippen LogP contribution in [0.1, 0.15) is 103 Å². The number of halogens is 1. The maximum Gasteiger partial charge on any atom is 0.408 e. The van der Waals surface area contributed by atoms with Gasteiger partial charge < -0.3 is 20.3 Å². The molecule has 0 fully saturated rings. The van der Waals surface area contributed by atoms with E-state index in [0.717, 1.165) is 28.7 Å². The summed E-state index contributed by atoms with van der Waals surface area (Å²) in [6.45, 7) is 21.4. The third-order valence-corrected chi connectivity index (χ3v) is 7.63. The normalized spacial score (nSPS) is 13.8. The van der Waals surface area contributed by atoms with Gasteiger partial charge in [-0.25, -0.2) is 4.79 Å². The lowest BCUT2D eigenvalue weighted by molar-refractivity contribution is -0.144. The first-order valence-electron chi connectivity index (χ1n) is 15.4. The minimum absolute atomic E-state index is 0.0930. The average Bonchev–Trinajstić information content (AvgIpc) is 2.87.